The van der Waals surface area contributed by atoms with Crippen molar-refractivity contribution in [1.29, 1.82) is 0 Å². The number of tetrazole rings is 1. The molecule has 1 unspecified atom stereocenters. The van der Waals surface area contributed by atoms with Crippen LogP contribution >= 0.6 is 11.8 Å². The first-order chi connectivity index (χ1) is 12.2. The van der Waals surface area contributed by atoms with Gasteiger partial charge in [-0.1, -0.05) is 48.2 Å². The monoisotopic (exact) mass is 357 g/mol. The summed E-state index contributed by atoms with van der Waals surface area (Å²) >= 11 is 1.38. The summed E-state index contributed by atoms with van der Waals surface area (Å²) in [5, 5.41) is 12.2. The van der Waals surface area contributed by atoms with Crippen LogP contribution in [0.4, 0.5) is 0 Å². The zero-order chi connectivity index (χ0) is 17.6. The molecule has 1 heterocycles. The minimum Gasteiger partial charge on any atom is -0.335 e. The summed E-state index contributed by atoms with van der Waals surface area (Å²) in [6.07, 6.45) is 4.16. The summed E-state index contributed by atoms with van der Waals surface area (Å²) in [5.41, 5.74) is 1.16. The standard InChI is InChI=1S/C18H23N5OS/c1-3-11-23-18(19-20-21-23)25-13-17(24)22(14(2)16-9-10-16)12-15-7-5-4-6-8-15/h3-8,14,16H,1,9-13H2,2H3. The number of nitrogens with zero attached hydrogens (tertiary/aromatic N) is 5. The van der Waals surface area contributed by atoms with Crippen molar-refractivity contribution in [2.45, 2.75) is 44.1 Å². The summed E-state index contributed by atoms with van der Waals surface area (Å²) in [6.45, 7) is 7.04. The van der Waals surface area contributed by atoms with Gasteiger partial charge in [0.1, 0.15) is 0 Å². The van der Waals surface area contributed by atoms with Crippen LogP contribution in [0.25, 0.3) is 0 Å². The van der Waals surface area contributed by atoms with Crippen molar-refractivity contribution in [3.63, 3.8) is 0 Å². The molecule has 2 aromatic rings. The number of benzene rings is 1. The van der Waals surface area contributed by atoms with E-state index < -0.39 is 0 Å². The van der Waals surface area contributed by atoms with Crippen molar-refractivity contribution in [3.8, 4) is 0 Å². The van der Waals surface area contributed by atoms with Gasteiger partial charge in [0.2, 0.25) is 11.1 Å². The third-order valence-electron chi connectivity index (χ3n) is 4.44. The average Bonchev–Trinajstić information content (AvgIpc) is 3.39. The molecule has 6 nitrogen and oxygen atoms in total. The van der Waals surface area contributed by atoms with Crippen LogP contribution in [0.1, 0.15) is 25.3 Å². The van der Waals surface area contributed by atoms with Crippen molar-refractivity contribution in [2.75, 3.05) is 5.75 Å². The van der Waals surface area contributed by atoms with Gasteiger partial charge in [0.15, 0.2) is 0 Å². The number of hydrogen-bond donors (Lipinski definition) is 0. The van der Waals surface area contributed by atoms with E-state index in [1.807, 2.05) is 23.1 Å². The van der Waals surface area contributed by atoms with Crippen molar-refractivity contribution >= 4 is 17.7 Å². The molecule has 1 fully saturated rings. The van der Waals surface area contributed by atoms with Gasteiger partial charge in [0, 0.05) is 12.6 Å². The predicted octanol–water partition coefficient (Wildman–Crippen LogP) is 2.78. The third-order valence-corrected chi connectivity index (χ3v) is 5.38. The number of carbonyl (C=O) groups is 1. The Balaban J connectivity index is 1.66. The molecule has 0 saturated heterocycles. The highest BCUT2D eigenvalue weighted by Gasteiger charge is 2.34. The second-order valence-electron chi connectivity index (χ2n) is 6.31. The molecule has 1 aromatic carbocycles. The Kier molecular flexibility index (Phi) is 5.86. The maximum absolute atomic E-state index is 12.9. The van der Waals surface area contributed by atoms with Crippen LogP contribution in [0.5, 0.6) is 0 Å². The maximum Gasteiger partial charge on any atom is 0.233 e. The Hall–Kier alpha value is -2.15. The van der Waals surface area contributed by atoms with E-state index in [0.29, 0.717) is 29.9 Å². The predicted molar refractivity (Wildman–Crippen MR) is 97.9 cm³/mol. The summed E-state index contributed by atoms with van der Waals surface area (Å²) in [4.78, 5) is 14.9. The summed E-state index contributed by atoms with van der Waals surface area (Å²) in [5.74, 6) is 1.09. The Morgan fingerprint density at radius 3 is 2.88 bits per heavy atom. The number of thioether (sulfide) groups is 1. The van der Waals surface area contributed by atoms with E-state index in [0.717, 1.165) is 5.56 Å². The lowest BCUT2D eigenvalue weighted by molar-refractivity contribution is -0.131. The summed E-state index contributed by atoms with van der Waals surface area (Å²) in [7, 11) is 0. The van der Waals surface area contributed by atoms with Gasteiger partial charge in [-0.3, -0.25) is 4.79 Å². The first-order valence-corrected chi connectivity index (χ1v) is 9.51. The molecular formula is C18H23N5OS. The minimum atomic E-state index is 0.126. The van der Waals surface area contributed by atoms with Gasteiger partial charge in [-0.2, -0.15) is 0 Å². The molecule has 1 aliphatic rings. The van der Waals surface area contributed by atoms with Crippen LogP contribution in [-0.2, 0) is 17.9 Å². The molecule has 0 aliphatic heterocycles. The van der Waals surface area contributed by atoms with E-state index >= 15 is 0 Å². The first kappa shape index (κ1) is 17.7. The van der Waals surface area contributed by atoms with Crippen molar-refractivity contribution in [1.82, 2.24) is 25.1 Å². The van der Waals surface area contributed by atoms with Gasteiger partial charge in [-0.25, -0.2) is 4.68 Å². The van der Waals surface area contributed by atoms with Crippen LogP contribution in [0.2, 0.25) is 0 Å². The second-order valence-corrected chi connectivity index (χ2v) is 7.25. The molecule has 3 rings (SSSR count). The van der Waals surface area contributed by atoms with Gasteiger partial charge in [-0.15, -0.1) is 11.7 Å². The Morgan fingerprint density at radius 1 is 1.44 bits per heavy atom. The number of amides is 1. The Bertz CT molecular complexity index is 713. The van der Waals surface area contributed by atoms with Crippen molar-refractivity contribution in [2.24, 2.45) is 5.92 Å². The maximum atomic E-state index is 12.9. The quantitative estimate of drug-likeness (QED) is 0.510. The lowest BCUT2D eigenvalue weighted by atomic mass is 10.1. The van der Waals surface area contributed by atoms with Gasteiger partial charge < -0.3 is 4.90 Å². The fourth-order valence-electron chi connectivity index (χ4n) is 2.82. The highest BCUT2D eigenvalue weighted by Crippen LogP contribution is 2.36. The van der Waals surface area contributed by atoms with E-state index in [2.05, 4.69) is 41.2 Å². The van der Waals surface area contributed by atoms with Crippen LogP contribution < -0.4 is 0 Å². The number of hydrogen-bond acceptors (Lipinski definition) is 5. The highest BCUT2D eigenvalue weighted by atomic mass is 32.2. The van der Waals surface area contributed by atoms with Crippen LogP contribution in [0.3, 0.4) is 0 Å². The van der Waals surface area contributed by atoms with Crippen LogP contribution in [-0.4, -0.2) is 42.8 Å². The topological polar surface area (TPSA) is 63.9 Å². The van der Waals surface area contributed by atoms with E-state index in [-0.39, 0.29) is 11.9 Å². The first-order valence-electron chi connectivity index (χ1n) is 8.52. The molecular weight excluding hydrogens is 334 g/mol. The fourth-order valence-corrected chi connectivity index (χ4v) is 3.59. The van der Waals surface area contributed by atoms with Crippen molar-refractivity contribution in [3.05, 3.63) is 48.6 Å². The zero-order valence-electron chi connectivity index (χ0n) is 14.4. The fraction of sp³-hybridized carbons (Fsp3) is 0.444. The van der Waals surface area contributed by atoms with Gasteiger partial charge in [0.25, 0.3) is 0 Å². The minimum absolute atomic E-state index is 0.126. The number of rotatable bonds is 9. The molecule has 7 heteroatoms. The zero-order valence-corrected chi connectivity index (χ0v) is 15.2. The second kappa shape index (κ2) is 8.29. The smallest absolute Gasteiger partial charge is 0.233 e. The molecule has 1 atom stereocenters. The number of allylic oxidation sites excluding steroid dienone is 1. The molecule has 0 bridgehead atoms. The van der Waals surface area contributed by atoms with Gasteiger partial charge in [-0.05, 0) is 41.7 Å². The lowest BCUT2D eigenvalue weighted by Gasteiger charge is -2.29. The van der Waals surface area contributed by atoms with E-state index in [1.165, 1.54) is 24.6 Å². The molecule has 1 aliphatic carbocycles. The SMILES string of the molecule is C=CCn1nnnc1SCC(=O)N(Cc1ccccc1)C(C)C1CC1. The Morgan fingerprint density at radius 2 is 2.20 bits per heavy atom. The lowest BCUT2D eigenvalue weighted by Crippen LogP contribution is -2.40. The number of aromatic nitrogens is 4. The third kappa shape index (κ3) is 4.69. The molecule has 0 radical (unpaired) electrons. The molecule has 0 N–H and O–H groups in total. The van der Waals surface area contributed by atoms with E-state index in [4.69, 9.17) is 0 Å². The largest absolute Gasteiger partial charge is 0.335 e. The number of carbonyl (C=O) groups excluding carboxylic acids is 1. The molecule has 0 spiro atoms. The molecule has 132 valence electrons. The molecule has 1 amide bonds. The average molecular weight is 357 g/mol. The molecule has 1 aromatic heterocycles. The highest BCUT2D eigenvalue weighted by molar-refractivity contribution is 7.99. The van der Waals surface area contributed by atoms with Gasteiger partial charge >= 0.3 is 0 Å². The molecule has 25 heavy (non-hydrogen) atoms. The van der Waals surface area contributed by atoms with Crippen molar-refractivity contribution < 1.29 is 4.79 Å². The normalized spacial score (nSPS) is 14.9. The Labute approximate surface area is 152 Å². The van der Waals surface area contributed by atoms with E-state index in [1.54, 1.807) is 10.8 Å². The summed E-state index contributed by atoms with van der Waals surface area (Å²) < 4.78 is 1.65. The van der Waals surface area contributed by atoms with E-state index in [9.17, 15) is 4.79 Å². The van der Waals surface area contributed by atoms with Crippen LogP contribution in [0, 0.1) is 5.92 Å². The molecule has 1 saturated carbocycles. The van der Waals surface area contributed by atoms with Gasteiger partial charge in [0.05, 0.1) is 12.3 Å². The summed E-state index contributed by atoms with van der Waals surface area (Å²) in [6, 6.07) is 10.4. The van der Waals surface area contributed by atoms with Crippen LogP contribution in [0.15, 0.2) is 48.1 Å².